The van der Waals surface area contributed by atoms with Crippen LogP contribution in [0.15, 0.2) is 70.1 Å². The van der Waals surface area contributed by atoms with Crippen LogP contribution in [0.1, 0.15) is 0 Å². The fourth-order valence-corrected chi connectivity index (χ4v) is 4.25. The summed E-state index contributed by atoms with van der Waals surface area (Å²) in [7, 11) is -3.53. The monoisotopic (exact) mass is 370 g/mol. The van der Waals surface area contributed by atoms with Crippen molar-refractivity contribution in [2.75, 3.05) is 19.7 Å². The van der Waals surface area contributed by atoms with Crippen molar-refractivity contribution >= 4 is 9.84 Å². The molecular formula is C19H18N2O4S. The quantitative estimate of drug-likeness (QED) is 0.760. The lowest BCUT2D eigenvalue weighted by molar-refractivity contribution is 0.0785. The molecular weight excluding hydrogens is 352 g/mol. The highest BCUT2D eigenvalue weighted by molar-refractivity contribution is 7.92. The van der Waals surface area contributed by atoms with E-state index in [1.807, 2.05) is 30.3 Å². The number of ether oxygens (including phenoxy) is 1. The smallest absolute Gasteiger partial charge is 0.226 e. The molecule has 134 valence electrons. The molecule has 3 aromatic rings. The van der Waals surface area contributed by atoms with Gasteiger partial charge in [0.15, 0.2) is 11.2 Å². The van der Waals surface area contributed by atoms with Crippen molar-refractivity contribution in [1.29, 1.82) is 0 Å². The third-order valence-corrected chi connectivity index (χ3v) is 6.16. The number of hydrogen-bond acceptors (Lipinski definition) is 6. The largest absolute Gasteiger partial charge is 0.436 e. The van der Waals surface area contributed by atoms with Crippen molar-refractivity contribution in [2.24, 2.45) is 0 Å². The topological polar surface area (TPSA) is 81.4 Å². The van der Waals surface area contributed by atoms with Crippen molar-refractivity contribution < 1.29 is 17.6 Å². The van der Waals surface area contributed by atoms with E-state index in [1.54, 1.807) is 30.5 Å². The maximum absolute atomic E-state index is 12.6. The van der Waals surface area contributed by atoms with Crippen molar-refractivity contribution in [3.8, 4) is 22.8 Å². The standard InChI is InChI=1S/C19H18N2O4S/c22-26(23,18-13-20-10-11-24-18)16-8-6-15(7-9-16)19-21-12-17(25-19)14-4-2-1-3-5-14/h1-9,12,18,20H,10-11,13H2. The Bertz CT molecular complexity index is 976. The molecule has 0 aliphatic carbocycles. The number of benzene rings is 2. The fraction of sp³-hybridized carbons (Fsp3) is 0.211. The molecule has 7 heteroatoms. The molecule has 2 aromatic carbocycles. The Kier molecular flexibility index (Phi) is 4.58. The number of sulfone groups is 1. The minimum absolute atomic E-state index is 0.227. The molecule has 6 nitrogen and oxygen atoms in total. The van der Waals surface area contributed by atoms with Crippen molar-refractivity contribution in [2.45, 2.75) is 10.3 Å². The molecule has 1 N–H and O–H groups in total. The normalized spacial score (nSPS) is 17.9. The molecule has 0 spiro atoms. The molecule has 0 saturated carbocycles. The summed E-state index contributed by atoms with van der Waals surface area (Å²) in [5.74, 6) is 1.11. The first-order valence-corrected chi connectivity index (χ1v) is 9.87. The van der Waals surface area contributed by atoms with Crippen LogP contribution in [0.5, 0.6) is 0 Å². The van der Waals surface area contributed by atoms with Gasteiger partial charge in [0.05, 0.1) is 17.7 Å². The third kappa shape index (κ3) is 3.29. The summed E-state index contributed by atoms with van der Waals surface area (Å²) >= 11 is 0. The average Bonchev–Trinajstić information content (AvgIpc) is 3.20. The Balaban J connectivity index is 1.57. The predicted octanol–water partition coefficient (Wildman–Crippen LogP) is 2.73. The first kappa shape index (κ1) is 17.0. The Morgan fingerprint density at radius 3 is 2.46 bits per heavy atom. The summed E-state index contributed by atoms with van der Waals surface area (Å²) < 4.78 is 36.4. The molecule has 0 radical (unpaired) electrons. The Morgan fingerprint density at radius 2 is 1.77 bits per heavy atom. The Hall–Kier alpha value is -2.48. The molecule has 26 heavy (non-hydrogen) atoms. The molecule has 1 aliphatic rings. The Morgan fingerprint density at radius 1 is 1.00 bits per heavy atom. The van der Waals surface area contributed by atoms with Crippen molar-refractivity contribution in [3.05, 3.63) is 60.8 Å². The van der Waals surface area contributed by atoms with Gasteiger partial charge in [-0.1, -0.05) is 30.3 Å². The second-order valence-corrected chi connectivity index (χ2v) is 8.06. The van der Waals surface area contributed by atoms with Crippen LogP contribution in [0.2, 0.25) is 0 Å². The van der Waals surface area contributed by atoms with Gasteiger partial charge in [-0.3, -0.25) is 0 Å². The van der Waals surface area contributed by atoms with Crippen LogP contribution < -0.4 is 5.32 Å². The van der Waals surface area contributed by atoms with Crippen LogP contribution in [0.4, 0.5) is 0 Å². The molecule has 1 atom stereocenters. The number of aromatic nitrogens is 1. The maximum Gasteiger partial charge on any atom is 0.226 e. The van der Waals surface area contributed by atoms with E-state index in [9.17, 15) is 8.42 Å². The summed E-state index contributed by atoms with van der Waals surface area (Å²) in [5.41, 5.74) is 0.801. The lowest BCUT2D eigenvalue weighted by Gasteiger charge is -2.23. The van der Waals surface area contributed by atoms with Crippen LogP contribution in [0.25, 0.3) is 22.8 Å². The highest BCUT2D eigenvalue weighted by Gasteiger charge is 2.30. The van der Waals surface area contributed by atoms with Gasteiger partial charge in [-0.25, -0.2) is 13.4 Å². The maximum atomic E-state index is 12.6. The SMILES string of the molecule is O=S(=O)(c1ccc(-c2ncc(-c3ccccc3)o2)cc1)C1CNCCO1. The van der Waals surface area contributed by atoms with Crippen LogP contribution in [0, 0.1) is 0 Å². The molecule has 1 aromatic heterocycles. The van der Waals surface area contributed by atoms with Gasteiger partial charge in [0.2, 0.25) is 15.7 Å². The molecule has 2 heterocycles. The Labute approximate surface area is 151 Å². The van der Waals surface area contributed by atoms with Gasteiger partial charge in [-0.15, -0.1) is 0 Å². The summed E-state index contributed by atoms with van der Waals surface area (Å²) in [4.78, 5) is 4.52. The van der Waals surface area contributed by atoms with Crippen molar-refractivity contribution in [1.82, 2.24) is 10.3 Å². The van der Waals surface area contributed by atoms with Gasteiger partial charge in [0, 0.05) is 24.2 Å². The third-order valence-electron chi connectivity index (χ3n) is 4.23. The van der Waals surface area contributed by atoms with E-state index in [-0.39, 0.29) is 4.90 Å². The summed E-state index contributed by atoms with van der Waals surface area (Å²) in [5, 5.41) is 3.04. The summed E-state index contributed by atoms with van der Waals surface area (Å²) in [6, 6.07) is 16.2. The van der Waals surface area contributed by atoms with E-state index in [0.717, 1.165) is 5.56 Å². The second kappa shape index (κ2) is 7.03. The highest BCUT2D eigenvalue weighted by atomic mass is 32.2. The van der Waals surface area contributed by atoms with Crippen molar-refractivity contribution in [3.63, 3.8) is 0 Å². The molecule has 1 fully saturated rings. The highest BCUT2D eigenvalue weighted by Crippen LogP contribution is 2.27. The molecule has 4 rings (SSSR count). The number of nitrogens with one attached hydrogen (secondary N) is 1. The zero-order valence-corrected chi connectivity index (χ0v) is 14.8. The first-order valence-electron chi connectivity index (χ1n) is 8.32. The van der Waals surface area contributed by atoms with Crippen LogP contribution >= 0.6 is 0 Å². The van der Waals surface area contributed by atoms with Crippen LogP contribution in [-0.2, 0) is 14.6 Å². The average molecular weight is 370 g/mol. The molecule has 1 aliphatic heterocycles. The van der Waals surface area contributed by atoms with E-state index in [0.29, 0.717) is 36.9 Å². The van der Waals surface area contributed by atoms with E-state index in [2.05, 4.69) is 10.3 Å². The van der Waals surface area contributed by atoms with Crippen LogP contribution in [0.3, 0.4) is 0 Å². The van der Waals surface area contributed by atoms with E-state index < -0.39 is 15.3 Å². The molecule has 0 amide bonds. The number of oxazole rings is 1. The minimum Gasteiger partial charge on any atom is -0.436 e. The van der Waals surface area contributed by atoms with Gasteiger partial charge in [-0.05, 0) is 24.3 Å². The van der Waals surface area contributed by atoms with E-state index in [4.69, 9.17) is 9.15 Å². The first-order chi connectivity index (χ1) is 12.6. The van der Waals surface area contributed by atoms with Gasteiger partial charge in [0.1, 0.15) is 0 Å². The van der Waals surface area contributed by atoms with Gasteiger partial charge in [0.25, 0.3) is 0 Å². The van der Waals surface area contributed by atoms with Crippen LogP contribution in [-0.4, -0.2) is 38.5 Å². The lowest BCUT2D eigenvalue weighted by atomic mass is 10.2. The zero-order chi connectivity index (χ0) is 18.0. The van der Waals surface area contributed by atoms with Gasteiger partial charge >= 0.3 is 0 Å². The summed E-state index contributed by atoms with van der Waals surface area (Å²) in [6.45, 7) is 1.35. The zero-order valence-electron chi connectivity index (χ0n) is 14.0. The minimum atomic E-state index is -3.53. The fourth-order valence-electron chi connectivity index (χ4n) is 2.82. The van der Waals surface area contributed by atoms with Gasteiger partial charge < -0.3 is 14.5 Å². The van der Waals surface area contributed by atoms with E-state index >= 15 is 0 Å². The molecule has 1 unspecified atom stereocenters. The number of rotatable bonds is 4. The lowest BCUT2D eigenvalue weighted by Crippen LogP contribution is -2.42. The molecule has 1 saturated heterocycles. The van der Waals surface area contributed by atoms with E-state index in [1.165, 1.54) is 0 Å². The number of morpholine rings is 1. The number of nitrogens with zero attached hydrogens (tertiary/aromatic N) is 1. The number of hydrogen-bond donors (Lipinski definition) is 1. The molecule has 0 bridgehead atoms. The van der Waals surface area contributed by atoms with Gasteiger partial charge in [-0.2, -0.15) is 0 Å². The second-order valence-electron chi connectivity index (χ2n) is 5.97. The predicted molar refractivity (Wildman–Crippen MR) is 97.2 cm³/mol. The summed E-state index contributed by atoms with van der Waals surface area (Å²) in [6.07, 6.45) is 1.66.